The molecule has 3 rings (SSSR count). The average Bonchev–Trinajstić information content (AvgIpc) is 3.31. The summed E-state index contributed by atoms with van der Waals surface area (Å²) < 4.78 is 39.0. The molecular weight excluding hydrogens is 444 g/mol. The molecule has 1 aliphatic carbocycles. The molecule has 0 saturated heterocycles. The summed E-state index contributed by atoms with van der Waals surface area (Å²) >= 11 is 0. The number of methoxy groups -OCH3 is 1. The van der Waals surface area contributed by atoms with Crippen LogP contribution in [0.2, 0.25) is 0 Å². The van der Waals surface area contributed by atoms with Gasteiger partial charge in [0.25, 0.3) is 5.91 Å². The molecule has 9 heteroatoms. The van der Waals surface area contributed by atoms with Gasteiger partial charge in [0.15, 0.2) is 6.10 Å². The van der Waals surface area contributed by atoms with E-state index in [9.17, 15) is 18.0 Å². The van der Waals surface area contributed by atoms with Gasteiger partial charge in [0, 0.05) is 6.04 Å². The van der Waals surface area contributed by atoms with E-state index in [2.05, 4.69) is 10.0 Å². The molecule has 8 nitrogen and oxygen atoms in total. The van der Waals surface area contributed by atoms with Crippen LogP contribution in [-0.4, -0.2) is 39.5 Å². The van der Waals surface area contributed by atoms with Crippen molar-refractivity contribution < 1.29 is 27.5 Å². The van der Waals surface area contributed by atoms with Crippen molar-refractivity contribution in [2.24, 2.45) is 0 Å². The zero-order chi connectivity index (χ0) is 24.0. The summed E-state index contributed by atoms with van der Waals surface area (Å²) in [5, 5.41) is 2.80. The van der Waals surface area contributed by atoms with Crippen molar-refractivity contribution in [3.63, 3.8) is 0 Å². The van der Waals surface area contributed by atoms with E-state index in [1.165, 1.54) is 32.2 Å². The summed E-state index contributed by atoms with van der Waals surface area (Å²) in [7, 11) is -2.53. The van der Waals surface area contributed by atoms with Crippen LogP contribution in [0.5, 0.6) is 5.75 Å². The van der Waals surface area contributed by atoms with Gasteiger partial charge >= 0.3 is 5.97 Å². The topological polar surface area (TPSA) is 111 Å². The van der Waals surface area contributed by atoms with Gasteiger partial charge in [0.1, 0.15) is 10.6 Å². The highest BCUT2D eigenvalue weighted by Crippen LogP contribution is 2.27. The SMILES string of the molecule is COc1ccc(C(=O)OC(C)C(=O)NC(C)c2ccccc2)cc1S(=O)(=O)NC1CCCC1. The minimum absolute atomic E-state index is 0.0124. The fourth-order valence-electron chi connectivity index (χ4n) is 3.78. The Morgan fingerprint density at radius 1 is 1.03 bits per heavy atom. The summed E-state index contributed by atoms with van der Waals surface area (Å²) in [6.07, 6.45) is 2.43. The van der Waals surface area contributed by atoms with Crippen molar-refractivity contribution in [1.82, 2.24) is 10.0 Å². The quantitative estimate of drug-likeness (QED) is 0.540. The zero-order valence-corrected chi connectivity index (χ0v) is 19.9. The molecule has 0 aromatic heterocycles. The number of amides is 1. The molecule has 2 aromatic carbocycles. The summed E-state index contributed by atoms with van der Waals surface area (Å²) in [5.41, 5.74) is 0.933. The number of carbonyl (C=O) groups is 2. The van der Waals surface area contributed by atoms with Gasteiger partial charge in [-0.2, -0.15) is 0 Å². The number of rotatable bonds is 9. The molecule has 0 bridgehead atoms. The van der Waals surface area contributed by atoms with Gasteiger partial charge in [-0.1, -0.05) is 43.2 Å². The molecule has 178 valence electrons. The van der Waals surface area contributed by atoms with Crippen molar-refractivity contribution in [2.45, 2.75) is 62.6 Å². The number of nitrogens with one attached hydrogen (secondary N) is 2. The zero-order valence-electron chi connectivity index (χ0n) is 19.0. The van der Waals surface area contributed by atoms with Crippen LogP contribution < -0.4 is 14.8 Å². The smallest absolute Gasteiger partial charge is 0.338 e. The average molecular weight is 475 g/mol. The molecular formula is C24H30N2O6S. The number of esters is 1. The Morgan fingerprint density at radius 3 is 2.33 bits per heavy atom. The minimum atomic E-state index is -3.90. The Kier molecular flexibility index (Phi) is 8.10. The molecule has 0 radical (unpaired) electrons. The highest BCUT2D eigenvalue weighted by molar-refractivity contribution is 7.89. The lowest BCUT2D eigenvalue weighted by atomic mass is 10.1. The molecule has 0 aliphatic heterocycles. The van der Waals surface area contributed by atoms with Crippen molar-refractivity contribution in [3.8, 4) is 5.75 Å². The van der Waals surface area contributed by atoms with Crippen LogP contribution in [0.15, 0.2) is 53.4 Å². The number of sulfonamides is 1. The Bertz CT molecular complexity index is 1080. The molecule has 33 heavy (non-hydrogen) atoms. The largest absolute Gasteiger partial charge is 0.495 e. The Morgan fingerprint density at radius 2 is 1.70 bits per heavy atom. The fourth-order valence-corrected chi connectivity index (χ4v) is 5.28. The van der Waals surface area contributed by atoms with Crippen LogP contribution in [0.25, 0.3) is 0 Å². The van der Waals surface area contributed by atoms with Crippen LogP contribution in [0.4, 0.5) is 0 Å². The first-order valence-corrected chi connectivity index (χ1v) is 12.5. The second kappa shape index (κ2) is 10.8. The molecule has 0 heterocycles. The van der Waals surface area contributed by atoms with Gasteiger partial charge in [0.05, 0.1) is 18.7 Å². The van der Waals surface area contributed by atoms with Gasteiger partial charge in [-0.25, -0.2) is 17.9 Å². The summed E-state index contributed by atoms with van der Waals surface area (Å²) in [4.78, 5) is 25.0. The first-order chi connectivity index (χ1) is 15.7. The molecule has 1 fully saturated rings. The van der Waals surface area contributed by atoms with E-state index in [-0.39, 0.29) is 28.3 Å². The van der Waals surface area contributed by atoms with Crippen molar-refractivity contribution >= 4 is 21.9 Å². The maximum absolute atomic E-state index is 12.9. The second-order valence-corrected chi connectivity index (χ2v) is 9.84. The minimum Gasteiger partial charge on any atom is -0.495 e. The Hall–Kier alpha value is -2.91. The van der Waals surface area contributed by atoms with Gasteiger partial charge in [0.2, 0.25) is 10.0 Å². The Labute approximate surface area is 194 Å². The van der Waals surface area contributed by atoms with E-state index in [0.717, 1.165) is 31.2 Å². The maximum Gasteiger partial charge on any atom is 0.338 e. The molecule has 2 atom stereocenters. The van der Waals surface area contributed by atoms with Crippen molar-refractivity contribution in [1.29, 1.82) is 0 Å². The summed E-state index contributed by atoms with van der Waals surface area (Å²) in [6, 6.07) is 13.0. The van der Waals surface area contributed by atoms with Gasteiger partial charge < -0.3 is 14.8 Å². The number of benzene rings is 2. The van der Waals surface area contributed by atoms with Gasteiger partial charge in [-0.15, -0.1) is 0 Å². The van der Waals surface area contributed by atoms with Crippen molar-refractivity contribution in [2.75, 3.05) is 7.11 Å². The first-order valence-electron chi connectivity index (χ1n) is 11.0. The number of carbonyl (C=O) groups excluding carboxylic acids is 2. The number of hydrogen-bond acceptors (Lipinski definition) is 6. The highest BCUT2D eigenvalue weighted by atomic mass is 32.2. The fraction of sp³-hybridized carbons (Fsp3) is 0.417. The van der Waals surface area contributed by atoms with Gasteiger partial charge in [-0.3, -0.25) is 4.79 Å². The van der Waals surface area contributed by atoms with E-state index >= 15 is 0 Å². The lowest BCUT2D eigenvalue weighted by molar-refractivity contribution is -0.129. The van der Waals surface area contributed by atoms with Crippen LogP contribution in [0.3, 0.4) is 0 Å². The van der Waals surface area contributed by atoms with Crippen LogP contribution in [-0.2, 0) is 19.6 Å². The first kappa shape index (κ1) is 24.7. The van der Waals surface area contributed by atoms with E-state index in [0.29, 0.717) is 0 Å². The van der Waals surface area contributed by atoms with E-state index in [1.54, 1.807) is 0 Å². The number of hydrogen-bond donors (Lipinski definition) is 2. The molecule has 1 aliphatic rings. The monoisotopic (exact) mass is 474 g/mol. The van der Waals surface area contributed by atoms with Crippen LogP contribution in [0, 0.1) is 0 Å². The predicted octanol–water partition coefficient (Wildman–Crippen LogP) is 3.34. The predicted molar refractivity (Wildman–Crippen MR) is 123 cm³/mol. The third kappa shape index (κ3) is 6.33. The number of ether oxygens (including phenoxy) is 2. The van der Waals surface area contributed by atoms with Crippen molar-refractivity contribution in [3.05, 3.63) is 59.7 Å². The van der Waals surface area contributed by atoms with E-state index in [4.69, 9.17) is 9.47 Å². The Balaban J connectivity index is 1.70. The normalized spacial score (nSPS) is 16.1. The molecule has 2 N–H and O–H groups in total. The molecule has 2 aromatic rings. The van der Waals surface area contributed by atoms with E-state index < -0.39 is 28.0 Å². The molecule has 1 amide bonds. The van der Waals surface area contributed by atoms with Crippen LogP contribution in [0.1, 0.15) is 61.5 Å². The van der Waals surface area contributed by atoms with Crippen LogP contribution >= 0.6 is 0 Å². The molecule has 0 spiro atoms. The maximum atomic E-state index is 12.9. The summed E-state index contributed by atoms with van der Waals surface area (Å²) in [6.45, 7) is 3.30. The lowest BCUT2D eigenvalue weighted by Crippen LogP contribution is -2.37. The lowest BCUT2D eigenvalue weighted by Gasteiger charge is -2.19. The third-order valence-electron chi connectivity index (χ3n) is 5.68. The standard InChI is InChI=1S/C24H30N2O6S/c1-16(18-9-5-4-6-10-18)25-23(27)17(2)32-24(28)19-13-14-21(31-3)22(15-19)33(29,30)26-20-11-7-8-12-20/h4-6,9-10,13-17,20,26H,7-8,11-12H2,1-3H3,(H,25,27). The molecule has 2 unspecified atom stereocenters. The second-order valence-electron chi connectivity index (χ2n) is 8.16. The summed E-state index contributed by atoms with van der Waals surface area (Å²) in [5.74, 6) is -1.13. The molecule has 1 saturated carbocycles. The van der Waals surface area contributed by atoms with Gasteiger partial charge in [-0.05, 0) is 50.5 Å². The van der Waals surface area contributed by atoms with E-state index in [1.807, 2.05) is 37.3 Å². The third-order valence-corrected chi connectivity index (χ3v) is 7.22. The highest BCUT2D eigenvalue weighted by Gasteiger charge is 2.28.